The average molecular weight is 599 g/mol. The van der Waals surface area contributed by atoms with Crippen molar-refractivity contribution in [3.8, 4) is 17.3 Å². The topological polar surface area (TPSA) is 92.2 Å². The van der Waals surface area contributed by atoms with Crippen molar-refractivity contribution in [2.75, 3.05) is 0 Å². The number of aromatic nitrogens is 2. The number of halogens is 3. The third-order valence-electron chi connectivity index (χ3n) is 8.92. The van der Waals surface area contributed by atoms with E-state index >= 15 is 0 Å². The zero-order chi connectivity index (χ0) is 27.8. The Balaban J connectivity index is 1.17. The number of nitrogens with zero attached hydrogens (tertiary/aromatic N) is 3. The first-order valence-corrected chi connectivity index (χ1v) is 15.1. The van der Waals surface area contributed by atoms with Crippen LogP contribution in [0.4, 0.5) is 4.39 Å². The van der Waals surface area contributed by atoms with Gasteiger partial charge in [0.15, 0.2) is 5.82 Å². The first-order chi connectivity index (χ1) is 19.2. The average Bonchev–Trinajstić information content (AvgIpc) is 3.48. The molecule has 7 rings (SSSR count). The minimum atomic E-state index is -1.15. The van der Waals surface area contributed by atoms with Gasteiger partial charge in [0.2, 0.25) is 0 Å². The van der Waals surface area contributed by atoms with Crippen molar-refractivity contribution in [3.05, 3.63) is 68.1 Å². The highest BCUT2D eigenvalue weighted by Gasteiger charge is 2.59. The Kier molecular flexibility index (Phi) is 6.26. The van der Waals surface area contributed by atoms with Gasteiger partial charge in [0.25, 0.3) is 0 Å². The number of benzene rings is 2. The van der Waals surface area contributed by atoms with Gasteiger partial charge in [-0.25, -0.2) is 9.37 Å². The SMILES string of the molecule is CC1(OCc2c(-c3c(Cl)cccc3Cl)noc2C2CC2)C[C@H]2CC[C@@H](C1)[C@]2(O)c1nc2c(F)cc(C#N)cc2s1. The van der Waals surface area contributed by atoms with Crippen LogP contribution in [0.15, 0.2) is 34.9 Å². The van der Waals surface area contributed by atoms with E-state index in [9.17, 15) is 14.8 Å². The van der Waals surface area contributed by atoms with E-state index in [4.69, 9.17) is 32.5 Å². The molecule has 3 saturated carbocycles. The number of hydrogen-bond acceptors (Lipinski definition) is 7. The highest BCUT2D eigenvalue weighted by Crippen LogP contribution is 2.59. The molecule has 3 aliphatic rings. The summed E-state index contributed by atoms with van der Waals surface area (Å²) in [5.41, 5.74) is 0.947. The molecule has 6 nitrogen and oxygen atoms in total. The lowest BCUT2D eigenvalue weighted by molar-refractivity contribution is -0.158. The van der Waals surface area contributed by atoms with E-state index in [-0.39, 0.29) is 22.9 Å². The van der Waals surface area contributed by atoms with E-state index in [0.29, 0.717) is 56.4 Å². The molecule has 2 aromatic heterocycles. The molecule has 2 bridgehead atoms. The quantitative estimate of drug-likeness (QED) is 0.241. The summed E-state index contributed by atoms with van der Waals surface area (Å²) >= 11 is 14.3. The summed E-state index contributed by atoms with van der Waals surface area (Å²) in [6.07, 6.45) is 5.03. The van der Waals surface area contributed by atoms with Gasteiger partial charge in [-0.2, -0.15) is 5.26 Å². The fourth-order valence-electron chi connectivity index (χ4n) is 6.80. The van der Waals surface area contributed by atoms with Crippen LogP contribution in [0.25, 0.3) is 21.5 Å². The van der Waals surface area contributed by atoms with E-state index in [1.807, 2.05) is 6.07 Å². The van der Waals surface area contributed by atoms with Crippen LogP contribution >= 0.6 is 34.5 Å². The zero-order valence-electron chi connectivity index (χ0n) is 21.7. The molecule has 206 valence electrons. The number of aliphatic hydroxyl groups is 1. The highest BCUT2D eigenvalue weighted by atomic mass is 35.5. The number of thiazole rings is 1. The molecule has 0 saturated heterocycles. The summed E-state index contributed by atoms with van der Waals surface area (Å²) in [5.74, 6) is 0.447. The van der Waals surface area contributed by atoms with Gasteiger partial charge in [0, 0.05) is 17.0 Å². The van der Waals surface area contributed by atoms with E-state index in [2.05, 4.69) is 17.1 Å². The predicted molar refractivity (Wildman–Crippen MR) is 151 cm³/mol. The van der Waals surface area contributed by atoms with Crippen molar-refractivity contribution in [3.63, 3.8) is 0 Å². The summed E-state index contributed by atoms with van der Waals surface area (Å²) in [4.78, 5) is 4.56. The molecule has 4 atom stereocenters. The Morgan fingerprint density at radius 3 is 2.52 bits per heavy atom. The van der Waals surface area contributed by atoms with Gasteiger partial charge in [-0.3, -0.25) is 0 Å². The second-order valence-corrected chi connectivity index (χ2v) is 13.5. The molecule has 2 aromatic carbocycles. The van der Waals surface area contributed by atoms with E-state index in [1.165, 1.54) is 17.4 Å². The monoisotopic (exact) mass is 597 g/mol. The van der Waals surface area contributed by atoms with Crippen molar-refractivity contribution in [2.24, 2.45) is 11.8 Å². The van der Waals surface area contributed by atoms with Crippen molar-refractivity contribution >= 4 is 44.8 Å². The summed E-state index contributed by atoms with van der Waals surface area (Å²) in [5, 5.41) is 27.2. The molecule has 0 aliphatic heterocycles. The normalized spacial score (nSPS) is 27.8. The minimum absolute atomic E-state index is 0.0850. The van der Waals surface area contributed by atoms with Crippen molar-refractivity contribution in [1.82, 2.24) is 10.1 Å². The second kappa shape index (κ2) is 9.50. The van der Waals surface area contributed by atoms with Gasteiger partial charge >= 0.3 is 0 Å². The van der Waals surface area contributed by atoms with Crippen LogP contribution in [-0.4, -0.2) is 20.8 Å². The Morgan fingerprint density at radius 1 is 1.18 bits per heavy atom. The second-order valence-electron chi connectivity index (χ2n) is 11.6. The van der Waals surface area contributed by atoms with Crippen molar-refractivity contribution in [2.45, 2.75) is 69.2 Å². The summed E-state index contributed by atoms with van der Waals surface area (Å²) < 4.78 is 27.7. The third kappa shape index (κ3) is 4.17. The van der Waals surface area contributed by atoms with Crippen LogP contribution in [0.3, 0.4) is 0 Å². The van der Waals surface area contributed by atoms with Crippen molar-refractivity contribution in [1.29, 1.82) is 5.26 Å². The van der Waals surface area contributed by atoms with Gasteiger partial charge in [-0.05, 0) is 81.5 Å². The lowest BCUT2D eigenvalue weighted by atomic mass is 9.68. The number of nitriles is 1. The van der Waals surface area contributed by atoms with Gasteiger partial charge < -0.3 is 14.4 Å². The lowest BCUT2D eigenvalue weighted by Crippen LogP contribution is -2.49. The number of hydrogen-bond donors (Lipinski definition) is 1. The zero-order valence-corrected chi connectivity index (χ0v) is 24.0. The molecule has 3 aliphatic carbocycles. The molecule has 4 aromatic rings. The fraction of sp³-hybridized carbons (Fsp3) is 0.433. The molecule has 0 amide bonds. The van der Waals surface area contributed by atoms with E-state index in [0.717, 1.165) is 37.0 Å². The molecule has 1 unspecified atom stereocenters. The number of rotatable bonds is 6. The Hall–Kier alpha value is -2.54. The molecule has 10 heteroatoms. The summed E-state index contributed by atoms with van der Waals surface area (Å²) in [7, 11) is 0. The molecule has 0 radical (unpaired) electrons. The predicted octanol–water partition coefficient (Wildman–Crippen LogP) is 8.13. The molecule has 0 spiro atoms. The molecule has 40 heavy (non-hydrogen) atoms. The van der Waals surface area contributed by atoms with Crippen LogP contribution in [0.5, 0.6) is 0 Å². The standard InChI is InChI=1S/C30H26Cl2FN3O3S/c1-29(38-14-19-25(36-39-27(19)16-5-6-16)24-20(31)3-2-4-21(24)32)11-17-7-8-18(12-29)30(17,37)28-35-26-22(33)9-15(13-34)10-23(26)40-28/h2-4,9-10,16-18,37H,5-8,11-12,14H2,1H3/t17-,18+,29?,30+. The Bertz CT molecular complexity index is 1660. The maximum Gasteiger partial charge on any atom is 0.151 e. The fourth-order valence-corrected chi connectivity index (χ4v) is 8.65. The minimum Gasteiger partial charge on any atom is -0.382 e. The highest BCUT2D eigenvalue weighted by molar-refractivity contribution is 7.18. The Labute approximate surface area is 244 Å². The lowest BCUT2D eigenvalue weighted by Gasteiger charge is -2.46. The first kappa shape index (κ1) is 26.4. The van der Waals surface area contributed by atoms with Crippen LogP contribution < -0.4 is 0 Å². The molecule has 3 fully saturated rings. The first-order valence-electron chi connectivity index (χ1n) is 13.5. The number of ether oxygens (including phenoxy) is 1. The van der Waals surface area contributed by atoms with Crippen LogP contribution in [0.1, 0.15) is 73.3 Å². The van der Waals surface area contributed by atoms with Gasteiger partial charge in [0.05, 0.1) is 38.6 Å². The van der Waals surface area contributed by atoms with Crippen LogP contribution in [0, 0.1) is 29.0 Å². The molecular weight excluding hydrogens is 572 g/mol. The van der Waals surface area contributed by atoms with Gasteiger partial charge in [-0.1, -0.05) is 34.4 Å². The van der Waals surface area contributed by atoms with Gasteiger partial charge in [0.1, 0.15) is 27.6 Å². The smallest absolute Gasteiger partial charge is 0.151 e. The van der Waals surface area contributed by atoms with Crippen LogP contribution in [-0.2, 0) is 16.9 Å². The Morgan fingerprint density at radius 2 is 1.88 bits per heavy atom. The van der Waals surface area contributed by atoms with Crippen LogP contribution in [0.2, 0.25) is 10.0 Å². The maximum atomic E-state index is 14.7. The largest absolute Gasteiger partial charge is 0.382 e. The van der Waals surface area contributed by atoms with Crippen molar-refractivity contribution < 1.29 is 18.8 Å². The summed E-state index contributed by atoms with van der Waals surface area (Å²) in [6.45, 7) is 2.39. The molecule has 2 heterocycles. The maximum absolute atomic E-state index is 14.7. The third-order valence-corrected chi connectivity index (χ3v) is 10.7. The van der Waals surface area contributed by atoms with Gasteiger partial charge in [-0.15, -0.1) is 11.3 Å². The molecule has 1 N–H and O–H groups in total. The van der Waals surface area contributed by atoms with E-state index < -0.39 is 17.0 Å². The molecular formula is C30H26Cl2FN3O3S. The summed E-state index contributed by atoms with van der Waals surface area (Å²) in [6, 6.07) is 10.2. The number of fused-ring (bicyclic) bond motifs is 3. The van der Waals surface area contributed by atoms with E-state index in [1.54, 1.807) is 24.3 Å².